The topological polar surface area (TPSA) is 63.6 Å². The summed E-state index contributed by atoms with van der Waals surface area (Å²) in [6.45, 7) is 1.86. The molecular formula is C18H18O4. The summed E-state index contributed by atoms with van der Waals surface area (Å²) in [4.78, 5) is 21.7. The standard InChI is InChI=1S/C18H18O4/c1-2-3-5-10-18(21)22-16-13-11-15(12-14-16)8-6-4-7-9-17(19)20/h2-7,9-14H,8H2,1H3,(H,19,20)/b3-2+,6-4+,9-7+,10-5+. The van der Waals surface area contributed by atoms with Crippen molar-refractivity contribution in [1.29, 1.82) is 0 Å². The Hall–Kier alpha value is -2.88. The van der Waals surface area contributed by atoms with Crippen LogP contribution >= 0.6 is 0 Å². The van der Waals surface area contributed by atoms with E-state index in [1.165, 1.54) is 12.2 Å². The lowest BCUT2D eigenvalue weighted by Gasteiger charge is -2.02. The van der Waals surface area contributed by atoms with Crippen LogP contribution in [0.2, 0.25) is 0 Å². The number of hydrogen-bond donors (Lipinski definition) is 1. The summed E-state index contributed by atoms with van der Waals surface area (Å²) in [6, 6.07) is 7.14. The Labute approximate surface area is 129 Å². The zero-order valence-corrected chi connectivity index (χ0v) is 12.3. The number of carbonyl (C=O) groups is 2. The number of aliphatic carboxylic acids is 1. The zero-order chi connectivity index (χ0) is 16.2. The second kappa shape index (κ2) is 9.94. The Balaban J connectivity index is 2.49. The first-order chi connectivity index (χ1) is 10.6. The van der Waals surface area contributed by atoms with Gasteiger partial charge in [0, 0.05) is 12.2 Å². The van der Waals surface area contributed by atoms with Gasteiger partial charge in [0.05, 0.1) is 0 Å². The molecule has 0 unspecified atom stereocenters. The number of carboxylic acids is 1. The lowest BCUT2D eigenvalue weighted by molar-refractivity contribution is -0.131. The van der Waals surface area contributed by atoms with E-state index in [0.717, 1.165) is 11.6 Å². The van der Waals surface area contributed by atoms with Gasteiger partial charge in [0.15, 0.2) is 0 Å². The van der Waals surface area contributed by atoms with Gasteiger partial charge in [-0.15, -0.1) is 0 Å². The Bertz CT molecular complexity index is 604. The van der Waals surface area contributed by atoms with Crippen LogP contribution < -0.4 is 4.74 Å². The summed E-state index contributed by atoms with van der Waals surface area (Å²) in [5.41, 5.74) is 1.03. The number of benzene rings is 1. The van der Waals surface area contributed by atoms with Crippen molar-refractivity contribution < 1.29 is 19.4 Å². The van der Waals surface area contributed by atoms with Gasteiger partial charge in [0.1, 0.15) is 5.75 Å². The fourth-order valence-electron chi connectivity index (χ4n) is 1.51. The average molecular weight is 298 g/mol. The van der Waals surface area contributed by atoms with Gasteiger partial charge in [0.25, 0.3) is 0 Å². The average Bonchev–Trinajstić information content (AvgIpc) is 2.48. The Morgan fingerprint density at radius 2 is 1.73 bits per heavy atom. The molecule has 0 aliphatic rings. The Morgan fingerprint density at radius 3 is 2.36 bits per heavy atom. The van der Waals surface area contributed by atoms with E-state index in [2.05, 4.69) is 0 Å². The SMILES string of the molecule is C/C=C/C=C/C(=O)Oc1ccc(C/C=C/C=C/C(=O)O)cc1. The van der Waals surface area contributed by atoms with Crippen LogP contribution in [-0.2, 0) is 16.0 Å². The van der Waals surface area contributed by atoms with Crippen molar-refractivity contribution in [3.8, 4) is 5.75 Å². The number of esters is 1. The predicted octanol–water partition coefficient (Wildman–Crippen LogP) is 3.46. The molecule has 0 aliphatic carbocycles. The molecule has 1 rings (SSSR count). The second-order valence-electron chi connectivity index (χ2n) is 4.28. The third kappa shape index (κ3) is 7.65. The predicted molar refractivity (Wildman–Crippen MR) is 85.7 cm³/mol. The zero-order valence-electron chi connectivity index (χ0n) is 12.3. The first kappa shape index (κ1) is 17.2. The summed E-state index contributed by atoms with van der Waals surface area (Å²) < 4.78 is 5.13. The van der Waals surface area contributed by atoms with E-state index in [9.17, 15) is 9.59 Å². The van der Waals surface area contributed by atoms with Gasteiger partial charge < -0.3 is 9.84 Å². The van der Waals surface area contributed by atoms with E-state index in [1.807, 2.05) is 31.2 Å². The number of hydrogen-bond acceptors (Lipinski definition) is 3. The highest BCUT2D eigenvalue weighted by molar-refractivity contribution is 5.84. The smallest absolute Gasteiger partial charge is 0.336 e. The third-order valence-electron chi connectivity index (χ3n) is 2.52. The van der Waals surface area contributed by atoms with Crippen molar-refractivity contribution in [3.05, 3.63) is 78.4 Å². The highest BCUT2D eigenvalue weighted by Gasteiger charge is 1.99. The van der Waals surface area contributed by atoms with Crippen molar-refractivity contribution >= 4 is 11.9 Å². The molecule has 1 N–H and O–H groups in total. The van der Waals surface area contributed by atoms with Gasteiger partial charge in [0.2, 0.25) is 0 Å². The first-order valence-electron chi connectivity index (χ1n) is 6.78. The number of allylic oxidation sites excluding steroid dienone is 6. The summed E-state index contributed by atoms with van der Waals surface area (Å²) in [5, 5.41) is 8.43. The quantitative estimate of drug-likeness (QED) is 0.362. The summed E-state index contributed by atoms with van der Waals surface area (Å²) in [7, 11) is 0. The lowest BCUT2D eigenvalue weighted by Crippen LogP contribution is -2.03. The molecule has 114 valence electrons. The maximum absolute atomic E-state index is 11.5. The van der Waals surface area contributed by atoms with Crippen molar-refractivity contribution in [1.82, 2.24) is 0 Å². The fraction of sp³-hybridized carbons (Fsp3) is 0.111. The molecule has 0 fully saturated rings. The van der Waals surface area contributed by atoms with Gasteiger partial charge in [-0.3, -0.25) is 0 Å². The second-order valence-corrected chi connectivity index (χ2v) is 4.28. The van der Waals surface area contributed by atoms with Crippen LogP contribution in [0, 0.1) is 0 Å². The minimum absolute atomic E-state index is 0.426. The van der Waals surface area contributed by atoms with Gasteiger partial charge >= 0.3 is 11.9 Å². The van der Waals surface area contributed by atoms with Crippen LogP contribution in [0.3, 0.4) is 0 Å². The maximum Gasteiger partial charge on any atom is 0.336 e. The van der Waals surface area contributed by atoms with E-state index < -0.39 is 11.9 Å². The van der Waals surface area contributed by atoms with Crippen molar-refractivity contribution in [2.24, 2.45) is 0 Å². The maximum atomic E-state index is 11.5. The Morgan fingerprint density at radius 1 is 1.05 bits per heavy atom. The molecule has 1 aromatic rings. The minimum Gasteiger partial charge on any atom is -0.478 e. The molecule has 0 heterocycles. The van der Waals surface area contributed by atoms with E-state index >= 15 is 0 Å². The highest BCUT2D eigenvalue weighted by Crippen LogP contribution is 2.13. The molecular weight excluding hydrogens is 280 g/mol. The van der Waals surface area contributed by atoms with Crippen LogP contribution in [0.25, 0.3) is 0 Å². The van der Waals surface area contributed by atoms with E-state index in [-0.39, 0.29) is 0 Å². The van der Waals surface area contributed by atoms with Crippen molar-refractivity contribution in [2.45, 2.75) is 13.3 Å². The van der Waals surface area contributed by atoms with E-state index in [1.54, 1.807) is 30.4 Å². The van der Waals surface area contributed by atoms with E-state index in [0.29, 0.717) is 12.2 Å². The van der Waals surface area contributed by atoms with Crippen molar-refractivity contribution in [3.63, 3.8) is 0 Å². The molecule has 0 spiro atoms. The number of carboxylic acid groups (broad SMARTS) is 1. The Kier molecular flexibility index (Phi) is 7.76. The van der Waals surface area contributed by atoms with Gasteiger partial charge in [-0.2, -0.15) is 0 Å². The number of rotatable bonds is 7. The summed E-state index contributed by atoms with van der Waals surface area (Å²) in [6.07, 6.45) is 13.3. The number of ether oxygens (including phenoxy) is 1. The summed E-state index contributed by atoms with van der Waals surface area (Å²) >= 11 is 0. The molecule has 1 aromatic carbocycles. The van der Waals surface area contributed by atoms with Crippen LogP contribution in [-0.4, -0.2) is 17.0 Å². The van der Waals surface area contributed by atoms with Crippen molar-refractivity contribution in [2.75, 3.05) is 0 Å². The lowest BCUT2D eigenvalue weighted by atomic mass is 10.1. The largest absolute Gasteiger partial charge is 0.478 e. The fourth-order valence-corrected chi connectivity index (χ4v) is 1.51. The molecule has 22 heavy (non-hydrogen) atoms. The molecule has 0 amide bonds. The molecule has 0 atom stereocenters. The highest BCUT2D eigenvalue weighted by atomic mass is 16.5. The third-order valence-corrected chi connectivity index (χ3v) is 2.52. The molecule has 0 aliphatic heterocycles. The first-order valence-corrected chi connectivity index (χ1v) is 6.78. The van der Waals surface area contributed by atoms with Gasteiger partial charge in [-0.25, -0.2) is 9.59 Å². The van der Waals surface area contributed by atoms with E-state index in [4.69, 9.17) is 9.84 Å². The molecule has 0 radical (unpaired) electrons. The molecule has 0 bridgehead atoms. The van der Waals surface area contributed by atoms with Gasteiger partial charge in [-0.05, 0) is 31.0 Å². The van der Waals surface area contributed by atoms with Crippen LogP contribution in [0.15, 0.2) is 72.9 Å². The molecule has 0 saturated heterocycles. The van der Waals surface area contributed by atoms with Gasteiger partial charge in [-0.1, -0.05) is 48.6 Å². The normalized spacial score (nSPS) is 11.9. The van der Waals surface area contributed by atoms with Crippen LogP contribution in [0.5, 0.6) is 5.75 Å². The minimum atomic E-state index is -0.973. The molecule has 0 saturated carbocycles. The molecule has 0 aromatic heterocycles. The van der Waals surface area contributed by atoms with Crippen LogP contribution in [0.1, 0.15) is 12.5 Å². The number of carbonyl (C=O) groups excluding carboxylic acids is 1. The monoisotopic (exact) mass is 298 g/mol. The molecule has 4 nitrogen and oxygen atoms in total. The van der Waals surface area contributed by atoms with Crippen LogP contribution in [0.4, 0.5) is 0 Å². The molecule has 4 heteroatoms. The summed E-state index contributed by atoms with van der Waals surface area (Å²) in [5.74, 6) is -0.919.